The zero-order valence-electron chi connectivity index (χ0n) is 9.53. The summed E-state index contributed by atoms with van der Waals surface area (Å²) in [6, 6.07) is -0.513. The molecule has 5 nitrogen and oxygen atoms in total. The van der Waals surface area contributed by atoms with Crippen LogP contribution >= 0.6 is 11.3 Å². The van der Waals surface area contributed by atoms with Crippen LogP contribution in [0.5, 0.6) is 0 Å². The van der Waals surface area contributed by atoms with Crippen LogP contribution in [0.1, 0.15) is 16.3 Å². The van der Waals surface area contributed by atoms with Gasteiger partial charge in [-0.1, -0.05) is 0 Å². The number of carbonyl (C=O) groups is 1. The number of amides is 1. The Hall–Kier alpha value is -0.980. The van der Waals surface area contributed by atoms with Crippen LogP contribution in [-0.2, 0) is 16.1 Å². The third kappa shape index (κ3) is 4.26. The molecule has 1 aromatic rings. The lowest BCUT2D eigenvalue weighted by Crippen LogP contribution is -2.40. The zero-order valence-corrected chi connectivity index (χ0v) is 10.3. The number of carbonyl (C=O) groups excluding carboxylic acids is 1. The number of nitrogens with two attached hydrogens (primary N) is 1. The molecule has 6 heteroatoms. The summed E-state index contributed by atoms with van der Waals surface area (Å²) >= 11 is 1.57. The molecule has 0 fully saturated rings. The van der Waals surface area contributed by atoms with Gasteiger partial charge in [0.25, 0.3) is 0 Å². The van der Waals surface area contributed by atoms with Crippen molar-refractivity contribution in [3.8, 4) is 0 Å². The lowest BCUT2D eigenvalue weighted by molar-refractivity contribution is -0.122. The Morgan fingerprint density at radius 2 is 2.50 bits per heavy atom. The van der Waals surface area contributed by atoms with E-state index in [4.69, 9.17) is 10.5 Å². The number of rotatable bonds is 6. The van der Waals surface area contributed by atoms with E-state index in [2.05, 4.69) is 10.3 Å². The molecule has 1 atom stereocenters. The SMILES string of the molecule is COCCC(N)C(=O)NCc1ncc(C)s1. The highest BCUT2D eigenvalue weighted by atomic mass is 32.1. The number of aromatic nitrogens is 1. The van der Waals surface area contributed by atoms with E-state index < -0.39 is 6.04 Å². The van der Waals surface area contributed by atoms with E-state index in [9.17, 15) is 4.79 Å². The summed E-state index contributed by atoms with van der Waals surface area (Å²) in [6.45, 7) is 2.91. The van der Waals surface area contributed by atoms with Crippen molar-refractivity contribution in [1.29, 1.82) is 0 Å². The molecule has 0 aromatic carbocycles. The summed E-state index contributed by atoms with van der Waals surface area (Å²) < 4.78 is 4.86. The fourth-order valence-electron chi connectivity index (χ4n) is 1.15. The predicted octanol–water partition coefficient (Wildman–Crippen LogP) is 0.432. The largest absolute Gasteiger partial charge is 0.385 e. The van der Waals surface area contributed by atoms with Crippen molar-refractivity contribution < 1.29 is 9.53 Å². The summed E-state index contributed by atoms with van der Waals surface area (Å²) in [6.07, 6.45) is 2.32. The first-order valence-corrected chi connectivity index (χ1v) is 5.88. The normalized spacial score (nSPS) is 12.4. The minimum Gasteiger partial charge on any atom is -0.385 e. The summed E-state index contributed by atoms with van der Waals surface area (Å²) in [4.78, 5) is 16.8. The number of hydrogen-bond acceptors (Lipinski definition) is 5. The standard InChI is InChI=1S/C10H17N3O2S/c1-7-5-12-9(16-7)6-13-10(14)8(11)3-4-15-2/h5,8H,3-4,6,11H2,1-2H3,(H,13,14). The summed E-state index contributed by atoms with van der Waals surface area (Å²) in [5.41, 5.74) is 5.66. The molecule has 0 bridgehead atoms. The highest BCUT2D eigenvalue weighted by Crippen LogP contribution is 2.10. The molecule has 0 spiro atoms. The van der Waals surface area contributed by atoms with E-state index in [-0.39, 0.29) is 5.91 Å². The first-order valence-electron chi connectivity index (χ1n) is 5.07. The van der Waals surface area contributed by atoms with Crippen LogP contribution < -0.4 is 11.1 Å². The highest BCUT2D eigenvalue weighted by molar-refractivity contribution is 7.11. The number of methoxy groups -OCH3 is 1. The lowest BCUT2D eigenvalue weighted by Gasteiger charge is -2.10. The second-order valence-corrected chi connectivity index (χ2v) is 4.79. The van der Waals surface area contributed by atoms with Gasteiger partial charge in [0.15, 0.2) is 0 Å². The Morgan fingerprint density at radius 3 is 3.06 bits per heavy atom. The van der Waals surface area contributed by atoms with E-state index >= 15 is 0 Å². The van der Waals surface area contributed by atoms with Gasteiger partial charge in [0.1, 0.15) is 5.01 Å². The molecule has 1 unspecified atom stereocenters. The van der Waals surface area contributed by atoms with E-state index in [1.54, 1.807) is 24.6 Å². The van der Waals surface area contributed by atoms with E-state index in [1.165, 1.54) is 0 Å². The summed E-state index contributed by atoms with van der Waals surface area (Å²) in [5.74, 6) is -0.162. The van der Waals surface area contributed by atoms with E-state index in [0.29, 0.717) is 19.6 Å². The lowest BCUT2D eigenvalue weighted by atomic mass is 10.2. The molecule has 0 aliphatic heterocycles. The van der Waals surface area contributed by atoms with Gasteiger partial charge in [-0.05, 0) is 13.3 Å². The van der Waals surface area contributed by atoms with Gasteiger partial charge in [-0.25, -0.2) is 4.98 Å². The fourth-order valence-corrected chi connectivity index (χ4v) is 1.88. The van der Waals surface area contributed by atoms with Gasteiger partial charge >= 0.3 is 0 Å². The van der Waals surface area contributed by atoms with Gasteiger partial charge in [-0.15, -0.1) is 11.3 Å². The van der Waals surface area contributed by atoms with Crippen LogP contribution in [0.15, 0.2) is 6.20 Å². The van der Waals surface area contributed by atoms with Crippen molar-refractivity contribution in [3.05, 3.63) is 16.1 Å². The van der Waals surface area contributed by atoms with Crippen molar-refractivity contribution in [3.63, 3.8) is 0 Å². The maximum absolute atomic E-state index is 11.5. The number of thiazole rings is 1. The molecule has 90 valence electrons. The first kappa shape index (κ1) is 13.1. The van der Waals surface area contributed by atoms with Crippen LogP contribution in [0, 0.1) is 6.92 Å². The molecule has 0 saturated heterocycles. The van der Waals surface area contributed by atoms with Gasteiger partial charge in [0, 0.05) is 24.8 Å². The molecule has 1 rings (SSSR count). The minimum atomic E-state index is -0.513. The van der Waals surface area contributed by atoms with E-state index in [1.807, 2.05) is 6.92 Å². The van der Waals surface area contributed by atoms with Crippen molar-refractivity contribution in [2.24, 2.45) is 5.73 Å². The van der Waals surface area contributed by atoms with Crippen LogP contribution in [0.4, 0.5) is 0 Å². The van der Waals surface area contributed by atoms with Gasteiger partial charge in [0.2, 0.25) is 5.91 Å². The molecule has 1 amide bonds. The van der Waals surface area contributed by atoms with Crippen LogP contribution in [0.25, 0.3) is 0 Å². The topological polar surface area (TPSA) is 77.2 Å². The van der Waals surface area contributed by atoms with Crippen molar-refractivity contribution in [1.82, 2.24) is 10.3 Å². The highest BCUT2D eigenvalue weighted by Gasteiger charge is 2.12. The minimum absolute atomic E-state index is 0.162. The Kier molecular flexibility index (Phi) is 5.37. The van der Waals surface area contributed by atoms with E-state index in [0.717, 1.165) is 9.88 Å². The molecular formula is C10H17N3O2S. The third-order valence-electron chi connectivity index (χ3n) is 2.05. The van der Waals surface area contributed by atoms with Crippen LogP contribution in [0.2, 0.25) is 0 Å². The Balaban J connectivity index is 2.29. The fraction of sp³-hybridized carbons (Fsp3) is 0.600. The monoisotopic (exact) mass is 243 g/mol. The zero-order chi connectivity index (χ0) is 12.0. The van der Waals surface area contributed by atoms with Crippen molar-refractivity contribution in [2.75, 3.05) is 13.7 Å². The molecule has 16 heavy (non-hydrogen) atoms. The third-order valence-corrected chi connectivity index (χ3v) is 2.97. The maximum atomic E-state index is 11.5. The Bertz CT molecular complexity index is 341. The number of hydrogen-bond donors (Lipinski definition) is 2. The Labute approximate surface area is 99.0 Å². The van der Waals surface area contributed by atoms with Gasteiger partial charge in [-0.2, -0.15) is 0 Å². The quantitative estimate of drug-likeness (QED) is 0.759. The van der Waals surface area contributed by atoms with Crippen molar-refractivity contribution in [2.45, 2.75) is 25.9 Å². The number of nitrogens with one attached hydrogen (secondary N) is 1. The molecule has 0 saturated carbocycles. The number of ether oxygens (including phenoxy) is 1. The van der Waals surface area contributed by atoms with Crippen LogP contribution in [0.3, 0.4) is 0 Å². The van der Waals surface area contributed by atoms with Crippen LogP contribution in [-0.4, -0.2) is 30.6 Å². The Morgan fingerprint density at radius 1 is 1.75 bits per heavy atom. The molecule has 1 aromatic heterocycles. The maximum Gasteiger partial charge on any atom is 0.237 e. The van der Waals surface area contributed by atoms with Gasteiger partial charge in [-0.3, -0.25) is 4.79 Å². The average molecular weight is 243 g/mol. The molecule has 0 aliphatic rings. The summed E-state index contributed by atoms with van der Waals surface area (Å²) in [5, 5.41) is 3.64. The number of nitrogens with zero attached hydrogens (tertiary/aromatic N) is 1. The van der Waals surface area contributed by atoms with Crippen molar-refractivity contribution >= 4 is 17.2 Å². The smallest absolute Gasteiger partial charge is 0.237 e. The second-order valence-electron chi connectivity index (χ2n) is 3.47. The molecule has 3 N–H and O–H groups in total. The second kappa shape index (κ2) is 6.57. The summed E-state index contributed by atoms with van der Waals surface area (Å²) in [7, 11) is 1.59. The predicted molar refractivity (Wildman–Crippen MR) is 63.2 cm³/mol. The molecule has 0 radical (unpaired) electrons. The molecule has 0 aliphatic carbocycles. The molecular weight excluding hydrogens is 226 g/mol. The van der Waals surface area contributed by atoms with Gasteiger partial charge < -0.3 is 15.8 Å². The number of aryl methyl sites for hydroxylation is 1. The first-order chi connectivity index (χ1) is 7.63. The molecule has 1 heterocycles. The average Bonchev–Trinajstić information content (AvgIpc) is 2.68. The van der Waals surface area contributed by atoms with Gasteiger partial charge in [0.05, 0.1) is 12.6 Å².